The molecule has 0 radical (unpaired) electrons. The van der Waals surface area contributed by atoms with Gasteiger partial charge in [-0.05, 0) is 51.0 Å². The second kappa shape index (κ2) is 7.46. The van der Waals surface area contributed by atoms with Crippen LogP contribution in [0.3, 0.4) is 0 Å². The fourth-order valence-electron chi connectivity index (χ4n) is 2.21. The molecule has 0 bridgehead atoms. The second-order valence-electron chi connectivity index (χ2n) is 6.07. The van der Waals surface area contributed by atoms with Gasteiger partial charge in [-0.2, -0.15) is 0 Å². The molecule has 0 aromatic heterocycles. The zero-order valence-corrected chi connectivity index (χ0v) is 13.9. The highest BCUT2D eigenvalue weighted by Crippen LogP contribution is 2.18. The molecule has 1 aromatic rings. The lowest BCUT2D eigenvalue weighted by Crippen LogP contribution is -2.38. The summed E-state index contributed by atoms with van der Waals surface area (Å²) in [7, 11) is 1.49. The van der Waals surface area contributed by atoms with Crippen molar-refractivity contribution in [3.05, 3.63) is 24.3 Å². The van der Waals surface area contributed by atoms with Gasteiger partial charge in [-0.25, -0.2) is 0 Å². The number of carbonyl (C=O) groups is 2. The number of amides is 2. The van der Waals surface area contributed by atoms with Crippen LogP contribution in [0.1, 0.15) is 26.7 Å². The lowest BCUT2D eigenvalue weighted by atomic mass is 10.1. The third-order valence-electron chi connectivity index (χ3n) is 3.99. The molecule has 0 aliphatic carbocycles. The van der Waals surface area contributed by atoms with E-state index in [1.54, 1.807) is 38.1 Å². The molecule has 0 spiro atoms. The lowest BCUT2D eigenvalue weighted by Gasteiger charge is -2.21. The van der Waals surface area contributed by atoms with Crippen molar-refractivity contribution in [3.63, 3.8) is 0 Å². The Labute approximate surface area is 136 Å². The summed E-state index contributed by atoms with van der Waals surface area (Å²) >= 11 is 0. The van der Waals surface area contributed by atoms with Crippen molar-refractivity contribution in [1.82, 2.24) is 4.90 Å². The van der Waals surface area contributed by atoms with Crippen LogP contribution >= 0.6 is 0 Å². The van der Waals surface area contributed by atoms with Gasteiger partial charge >= 0.3 is 0 Å². The van der Waals surface area contributed by atoms with Crippen molar-refractivity contribution in [3.8, 4) is 5.75 Å². The topological polar surface area (TPSA) is 67.9 Å². The Morgan fingerprint density at radius 1 is 1.17 bits per heavy atom. The SMILES string of the molecule is COC(C)(C)C(=O)Nc1ccc(OCC(=O)N2CCCC2)cc1. The zero-order valence-electron chi connectivity index (χ0n) is 13.9. The Bertz CT molecular complexity index is 548. The standard InChI is InChI=1S/C17H24N2O4/c1-17(2,22-3)16(21)18-13-6-8-14(9-7-13)23-12-15(20)19-10-4-5-11-19/h6-9H,4-5,10-12H2,1-3H3,(H,18,21). The average molecular weight is 320 g/mol. The monoisotopic (exact) mass is 320 g/mol. The number of carbonyl (C=O) groups excluding carboxylic acids is 2. The summed E-state index contributed by atoms with van der Waals surface area (Å²) in [5.41, 5.74) is -0.240. The predicted molar refractivity (Wildman–Crippen MR) is 87.5 cm³/mol. The molecule has 126 valence electrons. The van der Waals surface area contributed by atoms with Crippen LogP contribution in [0.2, 0.25) is 0 Å². The molecule has 1 N–H and O–H groups in total. The van der Waals surface area contributed by atoms with Crippen molar-refractivity contribution in [1.29, 1.82) is 0 Å². The minimum Gasteiger partial charge on any atom is -0.484 e. The van der Waals surface area contributed by atoms with Gasteiger partial charge in [0.1, 0.15) is 11.4 Å². The lowest BCUT2D eigenvalue weighted by molar-refractivity contribution is -0.133. The van der Waals surface area contributed by atoms with E-state index in [0.717, 1.165) is 25.9 Å². The first kappa shape index (κ1) is 17.3. The Balaban J connectivity index is 1.84. The molecule has 2 rings (SSSR count). The van der Waals surface area contributed by atoms with Gasteiger partial charge < -0.3 is 19.7 Å². The van der Waals surface area contributed by atoms with E-state index < -0.39 is 5.60 Å². The molecule has 0 unspecified atom stereocenters. The van der Waals surface area contributed by atoms with Gasteiger partial charge in [-0.1, -0.05) is 0 Å². The van der Waals surface area contributed by atoms with Crippen LogP contribution < -0.4 is 10.1 Å². The molecule has 23 heavy (non-hydrogen) atoms. The van der Waals surface area contributed by atoms with Gasteiger partial charge in [0.05, 0.1) is 0 Å². The number of anilines is 1. The Morgan fingerprint density at radius 2 is 1.78 bits per heavy atom. The molecule has 1 aliphatic rings. The molecule has 1 aliphatic heterocycles. The maximum Gasteiger partial charge on any atom is 0.260 e. The molecule has 1 aromatic carbocycles. The van der Waals surface area contributed by atoms with E-state index in [9.17, 15) is 9.59 Å². The van der Waals surface area contributed by atoms with E-state index in [1.807, 2.05) is 4.90 Å². The maximum absolute atomic E-state index is 12.0. The smallest absolute Gasteiger partial charge is 0.260 e. The summed E-state index contributed by atoms with van der Waals surface area (Å²) in [6, 6.07) is 6.93. The van der Waals surface area contributed by atoms with Crippen LogP contribution in [0.4, 0.5) is 5.69 Å². The Hall–Kier alpha value is -2.08. The first-order chi connectivity index (χ1) is 10.9. The van der Waals surface area contributed by atoms with Crippen LogP contribution in [0.5, 0.6) is 5.75 Å². The summed E-state index contributed by atoms with van der Waals surface area (Å²) in [6.45, 7) is 5.08. The molecule has 6 nitrogen and oxygen atoms in total. The largest absolute Gasteiger partial charge is 0.484 e. The van der Waals surface area contributed by atoms with Crippen LogP contribution in [0.15, 0.2) is 24.3 Å². The van der Waals surface area contributed by atoms with E-state index in [4.69, 9.17) is 9.47 Å². The summed E-state index contributed by atoms with van der Waals surface area (Å²) in [4.78, 5) is 25.7. The number of methoxy groups -OCH3 is 1. The van der Waals surface area contributed by atoms with Gasteiger partial charge in [0.25, 0.3) is 11.8 Å². The van der Waals surface area contributed by atoms with Crippen LogP contribution in [0, 0.1) is 0 Å². The molecule has 0 atom stereocenters. The van der Waals surface area contributed by atoms with Gasteiger partial charge in [-0.15, -0.1) is 0 Å². The fraction of sp³-hybridized carbons (Fsp3) is 0.529. The highest BCUT2D eigenvalue weighted by molar-refractivity contribution is 5.96. The average Bonchev–Trinajstić information content (AvgIpc) is 3.08. The van der Waals surface area contributed by atoms with Crippen molar-refractivity contribution < 1.29 is 19.1 Å². The van der Waals surface area contributed by atoms with E-state index in [2.05, 4.69) is 5.32 Å². The number of rotatable bonds is 6. The third kappa shape index (κ3) is 4.69. The number of ether oxygens (including phenoxy) is 2. The highest BCUT2D eigenvalue weighted by atomic mass is 16.5. The summed E-state index contributed by atoms with van der Waals surface area (Å²) in [6.07, 6.45) is 2.13. The molecule has 1 saturated heterocycles. The van der Waals surface area contributed by atoms with E-state index in [0.29, 0.717) is 11.4 Å². The number of benzene rings is 1. The number of likely N-dealkylation sites (tertiary alicyclic amines) is 1. The number of hydrogen-bond donors (Lipinski definition) is 1. The van der Waals surface area contributed by atoms with Crippen LogP contribution in [0.25, 0.3) is 0 Å². The quantitative estimate of drug-likeness (QED) is 0.871. The molecular weight excluding hydrogens is 296 g/mol. The van der Waals surface area contributed by atoms with Crippen LogP contribution in [-0.2, 0) is 14.3 Å². The van der Waals surface area contributed by atoms with E-state index >= 15 is 0 Å². The number of hydrogen-bond acceptors (Lipinski definition) is 4. The second-order valence-corrected chi connectivity index (χ2v) is 6.07. The Kier molecular flexibility index (Phi) is 5.60. The Morgan fingerprint density at radius 3 is 2.35 bits per heavy atom. The van der Waals surface area contributed by atoms with Gasteiger partial charge in [0.2, 0.25) is 0 Å². The van der Waals surface area contributed by atoms with Gasteiger partial charge in [0, 0.05) is 25.9 Å². The maximum atomic E-state index is 12.0. The minimum absolute atomic E-state index is 0.0155. The van der Waals surface area contributed by atoms with Crippen molar-refractivity contribution in [2.24, 2.45) is 0 Å². The first-order valence-corrected chi connectivity index (χ1v) is 7.79. The number of nitrogens with one attached hydrogen (secondary N) is 1. The van der Waals surface area contributed by atoms with Crippen molar-refractivity contribution >= 4 is 17.5 Å². The molecule has 1 heterocycles. The molecule has 2 amide bonds. The predicted octanol–water partition coefficient (Wildman–Crippen LogP) is 2.05. The first-order valence-electron chi connectivity index (χ1n) is 7.79. The van der Waals surface area contributed by atoms with Crippen molar-refractivity contribution in [2.75, 3.05) is 32.1 Å². The normalized spacial score (nSPS) is 14.7. The fourth-order valence-corrected chi connectivity index (χ4v) is 2.21. The van der Waals surface area contributed by atoms with E-state index in [-0.39, 0.29) is 18.4 Å². The molecule has 0 saturated carbocycles. The zero-order chi connectivity index (χ0) is 16.9. The van der Waals surface area contributed by atoms with Gasteiger partial charge in [-0.3, -0.25) is 9.59 Å². The third-order valence-corrected chi connectivity index (χ3v) is 3.99. The van der Waals surface area contributed by atoms with E-state index in [1.165, 1.54) is 7.11 Å². The minimum atomic E-state index is -0.892. The summed E-state index contributed by atoms with van der Waals surface area (Å²) < 4.78 is 10.6. The van der Waals surface area contributed by atoms with Crippen LogP contribution in [-0.4, -0.2) is 49.1 Å². The number of nitrogens with zero attached hydrogens (tertiary/aromatic N) is 1. The summed E-state index contributed by atoms with van der Waals surface area (Å²) in [5.74, 6) is 0.390. The molecule has 1 fully saturated rings. The molecule has 6 heteroatoms. The molecular formula is C17H24N2O4. The van der Waals surface area contributed by atoms with Crippen molar-refractivity contribution in [2.45, 2.75) is 32.3 Å². The summed E-state index contributed by atoms with van der Waals surface area (Å²) in [5, 5.41) is 2.78. The highest BCUT2D eigenvalue weighted by Gasteiger charge is 2.26. The van der Waals surface area contributed by atoms with Gasteiger partial charge in [0.15, 0.2) is 6.61 Å².